The Balaban J connectivity index is 2.23. The van der Waals surface area contributed by atoms with Crippen LogP contribution in [0.4, 0.5) is 0 Å². The number of para-hydroxylation sites is 1. The van der Waals surface area contributed by atoms with Gasteiger partial charge in [-0.15, -0.1) is 0 Å². The summed E-state index contributed by atoms with van der Waals surface area (Å²) in [5, 5.41) is 24.0. The highest BCUT2D eigenvalue weighted by atomic mass is 16.4. The van der Waals surface area contributed by atoms with Crippen molar-refractivity contribution in [1.29, 1.82) is 0 Å². The predicted octanol–water partition coefficient (Wildman–Crippen LogP) is 1.00. The molecule has 0 aliphatic carbocycles. The summed E-state index contributed by atoms with van der Waals surface area (Å²) in [6.45, 7) is 3.84. The Bertz CT molecular complexity index is 970. The van der Waals surface area contributed by atoms with Gasteiger partial charge in [0.25, 0.3) is 0 Å². The van der Waals surface area contributed by atoms with Gasteiger partial charge in [-0.3, -0.25) is 14.4 Å². The summed E-state index contributed by atoms with van der Waals surface area (Å²) in [6.07, 6.45) is 1.54. The molecule has 2 aromatic rings. The molecule has 1 aromatic heterocycles. The summed E-state index contributed by atoms with van der Waals surface area (Å²) >= 11 is 0. The molecule has 32 heavy (non-hydrogen) atoms. The Morgan fingerprint density at radius 2 is 1.69 bits per heavy atom. The first-order valence-corrected chi connectivity index (χ1v) is 10.4. The standard InChI is InChI=1S/C22H30N4O6/c1-12(2)9-15(23)20(29)26-18(10-13-11-24-16-6-4-3-5-14(13)16)21(30)25-17(22(31)32)7-8-19(27)28/h3-6,11-12,15,17-18,24H,7-10,23H2,1-2H3,(H,25,30)(H,26,29)(H,27,28)(H,31,32)/t15-,17-,18-/m0/s1. The van der Waals surface area contributed by atoms with Gasteiger partial charge in [-0.05, 0) is 30.4 Å². The van der Waals surface area contributed by atoms with Crippen molar-refractivity contribution in [2.24, 2.45) is 11.7 Å². The number of aromatic amines is 1. The van der Waals surface area contributed by atoms with Crippen molar-refractivity contribution in [3.05, 3.63) is 36.0 Å². The fourth-order valence-electron chi connectivity index (χ4n) is 3.42. The van der Waals surface area contributed by atoms with Gasteiger partial charge in [-0.1, -0.05) is 32.0 Å². The second-order valence-electron chi connectivity index (χ2n) is 8.19. The van der Waals surface area contributed by atoms with Crippen molar-refractivity contribution in [2.45, 2.75) is 57.7 Å². The Morgan fingerprint density at radius 1 is 1.03 bits per heavy atom. The van der Waals surface area contributed by atoms with Gasteiger partial charge in [0.2, 0.25) is 11.8 Å². The first-order valence-electron chi connectivity index (χ1n) is 10.4. The van der Waals surface area contributed by atoms with Crippen LogP contribution in [0.2, 0.25) is 0 Å². The van der Waals surface area contributed by atoms with Crippen LogP contribution in [-0.4, -0.2) is 57.1 Å². The maximum Gasteiger partial charge on any atom is 0.326 e. The van der Waals surface area contributed by atoms with E-state index in [9.17, 15) is 24.3 Å². The number of aliphatic carboxylic acids is 2. The summed E-state index contributed by atoms with van der Waals surface area (Å²) in [7, 11) is 0. The van der Waals surface area contributed by atoms with E-state index in [1.165, 1.54) is 0 Å². The Labute approximate surface area is 185 Å². The molecular formula is C22H30N4O6. The van der Waals surface area contributed by atoms with E-state index in [0.717, 1.165) is 16.5 Å². The Hall–Kier alpha value is -3.40. The third-order valence-electron chi connectivity index (χ3n) is 5.06. The molecule has 2 amide bonds. The molecule has 3 atom stereocenters. The van der Waals surface area contributed by atoms with Crippen LogP contribution in [0.5, 0.6) is 0 Å². The lowest BCUT2D eigenvalue weighted by molar-refractivity contribution is -0.143. The van der Waals surface area contributed by atoms with Crippen LogP contribution in [0.3, 0.4) is 0 Å². The third kappa shape index (κ3) is 7.09. The number of nitrogens with two attached hydrogens (primary N) is 1. The molecule has 10 heteroatoms. The highest BCUT2D eigenvalue weighted by Crippen LogP contribution is 2.19. The maximum atomic E-state index is 13.0. The van der Waals surface area contributed by atoms with E-state index in [0.29, 0.717) is 6.42 Å². The number of carboxylic acids is 2. The van der Waals surface area contributed by atoms with Crippen LogP contribution in [0.1, 0.15) is 38.7 Å². The predicted molar refractivity (Wildman–Crippen MR) is 118 cm³/mol. The molecule has 7 N–H and O–H groups in total. The number of benzene rings is 1. The number of carbonyl (C=O) groups is 4. The summed E-state index contributed by atoms with van der Waals surface area (Å²) in [4.78, 5) is 51.0. The highest BCUT2D eigenvalue weighted by Gasteiger charge is 2.29. The van der Waals surface area contributed by atoms with Gasteiger partial charge in [0.1, 0.15) is 12.1 Å². The van der Waals surface area contributed by atoms with Gasteiger partial charge in [0, 0.05) is 29.9 Å². The van der Waals surface area contributed by atoms with Gasteiger partial charge < -0.3 is 31.6 Å². The van der Waals surface area contributed by atoms with Crippen LogP contribution in [0.25, 0.3) is 10.9 Å². The van der Waals surface area contributed by atoms with Crippen molar-refractivity contribution in [3.63, 3.8) is 0 Å². The Kier molecular flexibility index (Phi) is 8.77. The molecule has 10 nitrogen and oxygen atoms in total. The molecule has 0 radical (unpaired) electrons. The quantitative estimate of drug-likeness (QED) is 0.282. The smallest absolute Gasteiger partial charge is 0.326 e. The van der Waals surface area contributed by atoms with Crippen molar-refractivity contribution < 1.29 is 29.4 Å². The van der Waals surface area contributed by atoms with Crippen molar-refractivity contribution in [3.8, 4) is 0 Å². The first kappa shape index (κ1) is 24.9. The molecule has 0 saturated carbocycles. The molecule has 1 heterocycles. The van der Waals surface area contributed by atoms with E-state index in [2.05, 4.69) is 15.6 Å². The number of H-pyrrole nitrogens is 1. The van der Waals surface area contributed by atoms with E-state index >= 15 is 0 Å². The molecule has 0 spiro atoms. The van der Waals surface area contributed by atoms with Crippen molar-refractivity contribution in [1.82, 2.24) is 15.6 Å². The molecule has 0 aliphatic heterocycles. The van der Waals surface area contributed by atoms with E-state index in [4.69, 9.17) is 10.8 Å². The number of carbonyl (C=O) groups excluding carboxylic acids is 2. The molecule has 174 valence electrons. The fourth-order valence-corrected chi connectivity index (χ4v) is 3.42. The second-order valence-corrected chi connectivity index (χ2v) is 8.19. The lowest BCUT2D eigenvalue weighted by Gasteiger charge is -2.23. The number of hydrogen-bond donors (Lipinski definition) is 6. The van der Waals surface area contributed by atoms with Crippen molar-refractivity contribution in [2.75, 3.05) is 0 Å². The lowest BCUT2D eigenvalue weighted by atomic mass is 10.0. The van der Waals surface area contributed by atoms with E-state index < -0.39 is 48.3 Å². The van der Waals surface area contributed by atoms with Crippen LogP contribution in [-0.2, 0) is 25.6 Å². The molecule has 0 unspecified atom stereocenters. The highest BCUT2D eigenvalue weighted by molar-refractivity contribution is 5.93. The number of hydrogen-bond acceptors (Lipinski definition) is 5. The van der Waals surface area contributed by atoms with Crippen molar-refractivity contribution >= 4 is 34.7 Å². The molecule has 0 saturated heterocycles. The average molecular weight is 447 g/mol. The van der Waals surface area contributed by atoms with E-state index in [1.807, 2.05) is 38.1 Å². The maximum absolute atomic E-state index is 13.0. The van der Waals surface area contributed by atoms with Gasteiger partial charge in [-0.2, -0.15) is 0 Å². The third-order valence-corrected chi connectivity index (χ3v) is 5.06. The number of fused-ring (bicyclic) bond motifs is 1. The van der Waals surface area contributed by atoms with Gasteiger partial charge in [0.05, 0.1) is 6.04 Å². The summed E-state index contributed by atoms with van der Waals surface area (Å²) in [6, 6.07) is 4.14. The normalized spacial score (nSPS) is 14.0. The minimum Gasteiger partial charge on any atom is -0.481 e. The topological polar surface area (TPSA) is 175 Å². The minimum absolute atomic E-state index is 0.0985. The molecule has 2 rings (SSSR count). The zero-order chi connectivity index (χ0) is 23.8. The molecular weight excluding hydrogens is 416 g/mol. The molecule has 1 aromatic carbocycles. The average Bonchev–Trinajstić information content (AvgIpc) is 3.12. The Morgan fingerprint density at radius 3 is 2.31 bits per heavy atom. The number of aromatic nitrogens is 1. The monoisotopic (exact) mass is 446 g/mol. The number of nitrogens with one attached hydrogen (secondary N) is 3. The lowest BCUT2D eigenvalue weighted by Crippen LogP contribution is -2.55. The van der Waals surface area contributed by atoms with E-state index in [1.54, 1.807) is 6.20 Å². The second kappa shape index (κ2) is 11.3. The van der Waals surface area contributed by atoms with Crippen LogP contribution < -0.4 is 16.4 Å². The molecule has 0 aliphatic rings. The van der Waals surface area contributed by atoms with Crippen LogP contribution in [0, 0.1) is 5.92 Å². The van der Waals surface area contributed by atoms with Gasteiger partial charge in [0.15, 0.2) is 0 Å². The summed E-state index contributed by atoms with van der Waals surface area (Å²) in [5.74, 6) is -3.60. The fraction of sp³-hybridized carbons (Fsp3) is 0.455. The zero-order valence-corrected chi connectivity index (χ0v) is 18.1. The van der Waals surface area contributed by atoms with Gasteiger partial charge in [-0.25, -0.2) is 4.79 Å². The summed E-state index contributed by atoms with van der Waals surface area (Å²) in [5.41, 5.74) is 7.57. The molecule has 0 fully saturated rings. The summed E-state index contributed by atoms with van der Waals surface area (Å²) < 4.78 is 0. The van der Waals surface area contributed by atoms with Crippen LogP contribution in [0.15, 0.2) is 30.5 Å². The SMILES string of the molecule is CC(C)C[C@H](N)C(=O)N[C@@H](Cc1c[nH]c2ccccc12)C(=O)N[C@@H](CCC(=O)O)C(=O)O. The van der Waals surface area contributed by atoms with Gasteiger partial charge >= 0.3 is 11.9 Å². The minimum atomic E-state index is -1.40. The van der Waals surface area contributed by atoms with E-state index in [-0.39, 0.29) is 18.8 Å². The number of amides is 2. The molecule has 0 bridgehead atoms. The number of carboxylic acid groups (broad SMARTS) is 2. The zero-order valence-electron chi connectivity index (χ0n) is 18.1. The largest absolute Gasteiger partial charge is 0.481 e. The first-order chi connectivity index (χ1) is 15.1. The number of rotatable bonds is 12. The van der Waals surface area contributed by atoms with Crippen LogP contribution >= 0.6 is 0 Å².